The zero-order chi connectivity index (χ0) is 18.0. The SMILES string of the molecule is Cc1oc(-c2ccccc2)nc1COC(=O)c1sccc1S(N)(=O)=O. The van der Waals surface area contributed by atoms with Gasteiger partial charge in [0, 0.05) is 5.56 Å². The van der Waals surface area contributed by atoms with E-state index < -0.39 is 16.0 Å². The average molecular weight is 378 g/mol. The number of carbonyl (C=O) groups is 1. The zero-order valence-electron chi connectivity index (χ0n) is 13.1. The Hall–Kier alpha value is -2.49. The van der Waals surface area contributed by atoms with E-state index in [1.54, 1.807) is 6.92 Å². The summed E-state index contributed by atoms with van der Waals surface area (Å²) in [5, 5.41) is 6.55. The number of rotatable bonds is 5. The van der Waals surface area contributed by atoms with Crippen molar-refractivity contribution in [2.24, 2.45) is 5.14 Å². The van der Waals surface area contributed by atoms with Crippen molar-refractivity contribution in [1.82, 2.24) is 4.98 Å². The van der Waals surface area contributed by atoms with Crippen LogP contribution in [0.5, 0.6) is 0 Å². The standard InChI is InChI=1S/C16H14N2O5S2/c1-10-12(18-15(23-10)11-5-3-2-4-6-11)9-22-16(19)14-13(7-8-24-14)25(17,20)21/h2-8H,9H2,1H3,(H2,17,20,21). The first-order chi connectivity index (χ1) is 11.9. The molecule has 0 aliphatic rings. The molecule has 0 amide bonds. The van der Waals surface area contributed by atoms with Gasteiger partial charge in [0.2, 0.25) is 15.9 Å². The van der Waals surface area contributed by atoms with Gasteiger partial charge in [-0.2, -0.15) is 0 Å². The number of aromatic nitrogens is 1. The maximum absolute atomic E-state index is 12.1. The van der Waals surface area contributed by atoms with Crippen molar-refractivity contribution in [2.75, 3.05) is 0 Å². The minimum Gasteiger partial charge on any atom is -0.455 e. The molecule has 0 spiro atoms. The smallest absolute Gasteiger partial charge is 0.350 e. The fourth-order valence-electron chi connectivity index (χ4n) is 2.14. The molecule has 9 heteroatoms. The van der Waals surface area contributed by atoms with Crippen LogP contribution in [0.25, 0.3) is 11.5 Å². The summed E-state index contributed by atoms with van der Waals surface area (Å²) < 4.78 is 33.7. The molecule has 2 aromatic heterocycles. The van der Waals surface area contributed by atoms with Gasteiger partial charge >= 0.3 is 5.97 Å². The lowest BCUT2D eigenvalue weighted by Gasteiger charge is -2.03. The number of primary sulfonamides is 1. The maximum atomic E-state index is 12.1. The lowest BCUT2D eigenvalue weighted by molar-refractivity contribution is 0.0468. The van der Waals surface area contributed by atoms with Crippen LogP contribution in [-0.2, 0) is 21.4 Å². The molecule has 0 radical (unpaired) electrons. The third-order valence-electron chi connectivity index (χ3n) is 3.37. The van der Waals surface area contributed by atoms with Gasteiger partial charge in [-0.05, 0) is 30.5 Å². The molecule has 0 saturated heterocycles. The number of esters is 1. The topological polar surface area (TPSA) is 112 Å². The number of nitrogens with zero attached hydrogens (tertiary/aromatic N) is 1. The number of sulfonamides is 1. The fourth-order valence-corrected chi connectivity index (χ4v) is 3.99. The summed E-state index contributed by atoms with van der Waals surface area (Å²) >= 11 is 0.948. The molecule has 25 heavy (non-hydrogen) atoms. The lowest BCUT2D eigenvalue weighted by atomic mass is 10.2. The van der Waals surface area contributed by atoms with E-state index in [2.05, 4.69) is 4.98 Å². The molecule has 0 saturated carbocycles. The van der Waals surface area contributed by atoms with Gasteiger partial charge in [0.25, 0.3) is 0 Å². The van der Waals surface area contributed by atoms with Gasteiger partial charge in [-0.3, -0.25) is 0 Å². The van der Waals surface area contributed by atoms with E-state index >= 15 is 0 Å². The molecule has 3 rings (SSSR count). The van der Waals surface area contributed by atoms with Gasteiger partial charge in [-0.1, -0.05) is 18.2 Å². The second kappa shape index (κ2) is 6.79. The number of carbonyl (C=O) groups excluding carboxylic acids is 1. The van der Waals surface area contributed by atoms with Gasteiger partial charge in [0.05, 0.1) is 0 Å². The molecule has 2 N–H and O–H groups in total. The number of nitrogens with two attached hydrogens (primary N) is 1. The van der Waals surface area contributed by atoms with E-state index in [0.29, 0.717) is 17.3 Å². The second-order valence-corrected chi connectivity index (χ2v) is 7.57. The van der Waals surface area contributed by atoms with Crippen molar-refractivity contribution in [3.63, 3.8) is 0 Å². The normalized spacial score (nSPS) is 11.4. The predicted molar refractivity (Wildman–Crippen MR) is 91.5 cm³/mol. The molecule has 0 fully saturated rings. The Morgan fingerprint density at radius 1 is 1.28 bits per heavy atom. The van der Waals surface area contributed by atoms with Gasteiger partial charge in [0.1, 0.15) is 27.8 Å². The van der Waals surface area contributed by atoms with E-state index in [1.165, 1.54) is 11.4 Å². The van der Waals surface area contributed by atoms with Crippen molar-refractivity contribution in [1.29, 1.82) is 0 Å². The highest BCUT2D eigenvalue weighted by Crippen LogP contribution is 2.24. The largest absolute Gasteiger partial charge is 0.455 e. The molecular weight excluding hydrogens is 364 g/mol. The van der Waals surface area contributed by atoms with Gasteiger partial charge in [0.15, 0.2) is 0 Å². The molecule has 3 aromatic rings. The van der Waals surface area contributed by atoms with Crippen LogP contribution in [0.2, 0.25) is 0 Å². The average Bonchev–Trinajstić information content (AvgIpc) is 3.20. The molecule has 0 unspecified atom stereocenters. The molecule has 0 bridgehead atoms. The molecule has 0 atom stereocenters. The number of ether oxygens (including phenoxy) is 1. The molecule has 0 aliphatic carbocycles. The molecule has 0 aliphatic heterocycles. The third kappa shape index (κ3) is 3.78. The summed E-state index contributed by atoms with van der Waals surface area (Å²) in [6.45, 7) is 1.58. The fraction of sp³-hybridized carbons (Fsp3) is 0.125. The summed E-state index contributed by atoms with van der Waals surface area (Å²) in [6, 6.07) is 10.6. The van der Waals surface area contributed by atoms with E-state index in [0.717, 1.165) is 16.9 Å². The molecule has 2 heterocycles. The Bertz CT molecular complexity index is 1010. The first-order valence-corrected chi connectivity index (χ1v) is 9.58. The Morgan fingerprint density at radius 3 is 2.68 bits per heavy atom. The van der Waals surface area contributed by atoms with Crippen molar-refractivity contribution in [2.45, 2.75) is 18.4 Å². The third-order valence-corrected chi connectivity index (χ3v) is 5.35. The second-order valence-electron chi connectivity index (χ2n) is 5.12. The summed E-state index contributed by atoms with van der Waals surface area (Å²) in [4.78, 5) is 16.2. The van der Waals surface area contributed by atoms with Crippen molar-refractivity contribution >= 4 is 27.3 Å². The Kier molecular flexibility index (Phi) is 4.71. The highest BCUT2D eigenvalue weighted by Gasteiger charge is 2.23. The highest BCUT2D eigenvalue weighted by molar-refractivity contribution is 7.89. The Labute approximate surface area is 148 Å². The maximum Gasteiger partial charge on any atom is 0.350 e. The van der Waals surface area contributed by atoms with E-state index in [4.69, 9.17) is 14.3 Å². The Morgan fingerprint density at radius 2 is 2.00 bits per heavy atom. The Balaban J connectivity index is 1.76. The number of thiophene rings is 1. The summed E-state index contributed by atoms with van der Waals surface area (Å²) in [6.07, 6.45) is 0. The van der Waals surface area contributed by atoms with Crippen LogP contribution >= 0.6 is 11.3 Å². The highest BCUT2D eigenvalue weighted by atomic mass is 32.2. The van der Waals surface area contributed by atoms with Gasteiger partial charge < -0.3 is 9.15 Å². The van der Waals surface area contributed by atoms with Crippen LogP contribution in [0.4, 0.5) is 0 Å². The van der Waals surface area contributed by atoms with Crippen LogP contribution in [0.15, 0.2) is 51.1 Å². The van der Waals surface area contributed by atoms with Crippen LogP contribution in [0, 0.1) is 6.92 Å². The molecule has 7 nitrogen and oxygen atoms in total. The number of hydrogen-bond donors (Lipinski definition) is 1. The lowest BCUT2D eigenvalue weighted by Crippen LogP contribution is -2.16. The summed E-state index contributed by atoms with van der Waals surface area (Å²) in [7, 11) is -3.98. The molecule has 1 aromatic carbocycles. The number of oxazole rings is 1. The number of benzene rings is 1. The minimum atomic E-state index is -3.98. The van der Waals surface area contributed by atoms with Crippen LogP contribution in [0.1, 0.15) is 21.1 Å². The van der Waals surface area contributed by atoms with Crippen LogP contribution < -0.4 is 5.14 Å². The first kappa shape index (κ1) is 17.3. The van der Waals surface area contributed by atoms with Crippen molar-refractivity contribution in [3.05, 3.63) is 58.1 Å². The van der Waals surface area contributed by atoms with E-state index in [1.807, 2.05) is 30.3 Å². The summed E-state index contributed by atoms with van der Waals surface area (Å²) in [5.41, 5.74) is 1.26. The van der Waals surface area contributed by atoms with Gasteiger partial charge in [-0.15, -0.1) is 11.3 Å². The first-order valence-electron chi connectivity index (χ1n) is 7.15. The summed E-state index contributed by atoms with van der Waals surface area (Å²) in [5.74, 6) is 0.165. The van der Waals surface area contributed by atoms with Crippen molar-refractivity contribution < 1.29 is 22.4 Å². The van der Waals surface area contributed by atoms with E-state index in [-0.39, 0.29) is 16.4 Å². The number of hydrogen-bond acceptors (Lipinski definition) is 7. The number of aryl methyl sites for hydroxylation is 1. The minimum absolute atomic E-state index is 0.0630. The van der Waals surface area contributed by atoms with Crippen LogP contribution in [-0.4, -0.2) is 19.4 Å². The van der Waals surface area contributed by atoms with E-state index in [9.17, 15) is 13.2 Å². The predicted octanol–water partition coefficient (Wildman–Crippen LogP) is 2.72. The quantitative estimate of drug-likeness (QED) is 0.683. The van der Waals surface area contributed by atoms with Gasteiger partial charge in [-0.25, -0.2) is 23.3 Å². The van der Waals surface area contributed by atoms with Crippen LogP contribution in [0.3, 0.4) is 0 Å². The monoisotopic (exact) mass is 378 g/mol. The van der Waals surface area contributed by atoms with Crippen molar-refractivity contribution in [3.8, 4) is 11.5 Å². The molecule has 130 valence electrons. The molecular formula is C16H14N2O5S2. The zero-order valence-corrected chi connectivity index (χ0v) is 14.8.